The third-order valence-electron chi connectivity index (χ3n) is 3.39. The SMILES string of the molecule is CC(c1cccc(Br)c1)N1CC(S(N)(=O)=O)CC1=O. The number of rotatable bonds is 3. The van der Waals surface area contributed by atoms with E-state index < -0.39 is 15.3 Å². The Hall–Kier alpha value is -0.920. The van der Waals surface area contributed by atoms with E-state index in [1.807, 2.05) is 31.2 Å². The number of hydrogen-bond donors (Lipinski definition) is 1. The lowest BCUT2D eigenvalue weighted by Gasteiger charge is -2.25. The second-order valence-electron chi connectivity index (χ2n) is 4.69. The largest absolute Gasteiger partial charge is 0.335 e. The van der Waals surface area contributed by atoms with Gasteiger partial charge in [-0.2, -0.15) is 0 Å². The smallest absolute Gasteiger partial charge is 0.224 e. The second kappa shape index (κ2) is 5.22. The normalized spacial score (nSPS) is 21.7. The van der Waals surface area contributed by atoms with Gasteiger partial charge in [0.1, 0.15) is 5.25 Å². The highest BCUT2D eigenvalue weighted by molar-refractivity contribution is 9.10. The number of primary sulfonamides is 1. The van der Waals surface area contributed by atoms with Crippen molar-refractivity contribution in [2.75, 3.05) is 6.54 Å². The van der Waals surface area contributed by atoms with E-state index in [1.54, 1.807) is 4.90 Å². The van der Waals surface area contributed by atoms with Gasteiger partial charge in [-0.1, -0.05) is 28.1 Å². The quantitative estimate of drug-likeness (QED) is 0.898. The van der Waals surface area contributed by atoms with Gasteiger partial charge in [0.05, 0.1) is 6.04 Å². The number of nitrogens with zero attached hydrogens (tertiary/aromatic N) is 1. The number of nitrogens with two attached hydrogens (primary N) is 1. The first-order valence-electron chi connectivity index (χ1n) is 5.85. The molecule has 0 saturated carbocycles. The van der Waals surface area contributed by atoms with Gasteiger partial charge in [-0.25, -0.2) is 13.6 Å². The standard InChI is InChI=1S/C12H15BrN2O3S/c1-8(9-3-2-4-10(13)5-9)15-7-11(6-12(15)16)19(14,17)18/h2-5,8,11H,6-7H2,1H3,(H2,14,17,18). The van der Waals surface area contributed by atoms with Gasteiger partial charge in [-0.3, -0.25) is 4.79 Å². The molecule has 1 saturated heterocycles. The maximum absolute atomic E-state index is 11.9. The van der Waals surface area contributed by atoms with E-state index >= 15 is 0 Å². The molecule has 0 radical (unpaired) electrons. The predicted molar refractivity (Wildman–Crippen MR) is 75.8 cm³/mol. The summed E-state index contributed by atoms with van der Waals surface area (Å²) in [5.41, 5.74) is 0.956. The lowest BCUT2D eigenvalue weighted by molar-refractivity contribution is -0.129. The molecule has 2 rings (SSSR count). The van der Waals surface area contributed by atoms with Crippen LogP contribution in [0.3, 0.4) is 0 Å². The van der Waals surface area contributed by atoms with Gasteiger partial charge in [0.2, 0.25) is 15.9 Å². The van der Waals surface area contributed by atoms with Crippen LogP contribution in [0.1, 0.15) is 24.9 Å². The molecule has 1 aliphatic rings. The number of likely N-dealkylation sites (tertiary alicyclic amines) is 1. The first kappa shape index (κ1) is 14.5. The highest BCUT2D eigenvalue weighted by atomic mass is 79.9. The number of halogens is 1. The summed E-state index contributed by atoms with van der Waals surface area (Å²) >= 11 is 3.38. The van der Waals surface area contributed by atoms with E-state index in [2.05, 4.69) is 15.9 Å². The van der Waals surface area contributed by atoms with Crippen LogP contribution in [0.5, 0.6) is 0 Å². The van der Waals surface area contributed by atoms with Gasteiger partial charge in [0.25, 0.3) is 0 Å². The Labute approximate surface area is 121 Å². The van der Waals surface area contributed by atoms with Gasteiger partial charge >= 0.3 is 0 Å². The first-order valence-corrected chi connectivity index (χ1v) is 8.26. The Balaban J connectivity index is 2.21. The monoisotopic (exact) mass is 346 g/mol. The Morgan fingerprint density at radius 2 is 2.16 bits per heavy atom. The molecule has 2 N–H and O–H groups in total. The fraction of sp³-hybridized carbons (Fsp3) is 0.417. The average Bonchev–Trinajstić information content (AvgIpc) is 2.70. The van der Waals surface area contributed by atoms with Gasteiger partial charge in [-0.05, 0) is 24.6 Å². The average molecular weight is 347 g/mol. The molecule has 104 valence electrons. The minimum atomic E-state index is -3.66. The van der Waals surface area contributed by atoms with E-state index in [-0.39, 0.29) is 24.9 Å². The Bertz CT molecular complexity index is 603. The zero-order chi connectivity index (χ0) is 14.2. The molecule has 7 heteroatoms. The maximum atomic E-state index is 11.9. The predicted octanol–water partition coefficient (Wildman–Crippen LogP) is 1.40. The topological polar surface area (TPSA) is 80.5 Å². The van der Waals surface area contributed by atoms with E-state index in [1.165, 1.54) is 0 Å². The molecule has 19 heavy (non-hydrogen) atoms. The first-order chi connectivity index (χ1) is 8.79. The van der Waals surface area contributed by atoms with Crippen molar-refractivity contribution in [3.05, 3.63) is 34.3 Å². The number of sulfonamides is 1. The summed E-state index contributed by atoms with van der Waals surface area (Å²) in [6.45, 7) is 2.04. The molecule has 2 unspecified atom stereocenters. The third kappa shape index (κ3) is 3.16. The molecule has 0 bridgehead atoms. The highest BCUT2D eigenvalue weighted by Gasteiger charge is 2.38. The zero-order valence-corrected chi connectivity index (χ0v) is 12.8. The van der Waals surface area contributed by atoms with Crippen molar-refractivity contribution in [2.45, 2.75) is 24.6 Å². The lowest BCUT2D eigenvalue weighted by Crippen LogP contribution is -2.33. The molecule has 1 aliphatic heterocycles. The molecule has 1 heterocycles. The van der Waals surface area contributed by atoms with Crippen LogP contribution in [0.4, 0.5) is 0 Å². The summed E-state index contributed by atoms with van der Waals surface area (Å²) < 4.78 is 23.6. The van der Waals surface area contributed by atoms with Crippen molar-refractivity contribution in [3.63, 3.8) is 0 Å². The molecule has 0 spiro atoms. The van der Waals surface area contributed by atoms with Crippen molar-refractivity contribution in [3.8, 4) is 0 Å². The number of benzene rings is 1. The van der Waals surface area contributed by atoms with E-state index in [9.17, 15) is 13.2 Å². The highest BCUT2D eigenvalue weighted by Crippen LogP contribution is 2.28. The Morgan fingerprint density at radius 3 is 2.68 bits per heavy atom. The van der Waals surface area contributed by atoms with E-state index in [0.717, 1.165) is 10.0 Å². The Morgan fingerprint density at radius 1 is 1.47 bits per heavy atom. The molecule has 1 aromatic carbocycles. The lowest BCUT2D eigenvalue weighted by atomic mass is 10.1. The van der Waals surface area contributed by atoms with Crippen molar-refractivity contribution in [1.29, 1.82) is 0 Å². The summed E-state index contributed by atoms with van der Waals surface area (Å²) in [6, 6.07) is 7.44. The number of hydrogen-bond acceptors (Lipinski definition) is 3. The molecule has 1 aromatic rings. The minimum absolute atomic E-state index is 0.0306. The molecule has 0 aliphatic carbocycles. The fourth-order valence-electron chi connectivity index (χ4n) is 2.24. The molecule has 2 atom stereocenters. The zero-order valence-electron chi connectivity index (χ0n) is 10.4. The van der Waals surface area contributed by atoms with Crippen LogP contribution in [0.15, 0.2) is 28.7 Å². The van der Waals surface area contributed by atoms with Crippen LogP contribution in [0.25, 0.3) is 0 Å². The minimum Gasteiger partial charge on any atom is -0.335 e. The van der Waals surface area contributed by atoms with Crippen molar-refractivity contribution in [2.24, 2.45) is 5.14 Å². The van der Waals surface area contributed by atoms with Gasteiger partial charge in [0, 0.05) is 17.4 Å². The van der Waals surface area contributed by atoms with Crippen LogP contribution in [-0.4, -0.2) is 31.0 Å². The van der Waals surface area contributed by atoms with Crippen LogP contribution in [0.2, 0.25) is 0 Å². The third-order valence-corrected chi connectivity index (χ3v) is 5.12. The number of carbonyl (C=O) groups excluding carboxylic acids is 1. The summed E-state index contributed by atoms with van der Waals surface area (Å²) in [5.74, 6) is -0.175. The maximum Gasteiger partial charge on any atom is 0.224 e. The van der Waals surface area contributed by atoms with E-state index in [4.69, 9.17) is 5.14 Å². The summed E-state index contributed by atoms with van der Waals surface area (Å²) in [7, 11) is -3.66. The molecule has 0 aromatic heterocycles. The van der Waals surface area contributed by atoms with Crippen LogP contribution < -0.4 is 5.14 Å². The van der Waals surface area contributed by atoms with Gasteiger partial charge in [-0.15, -0.1) is 0 Å². The fourth-order valence-corrected chi connectivity index (χ4v) is 3.40. The van der Waals surface area contributed by atoms with Gasteiger partial charge in [0.15, 0.2) is 0 Å². The molecule has 5 nitrogen and oxygen atoms in total. The molecular weight excluding hydrogens is 332 g/mol. The van der Waals surface area contributed by atoms with Crippen LogP contribution >= 0.6 is 15.9 Å². The van der Waals surface area contributed by atoms with Crippen LogP contribution in [-0.2, 0) is 14.8 Å². The van der Waals surface area contributed by atoms with Crippen molar-refractivity contribution >= 4 is 31.9 Å². The van der Waals surface area contributed by atoms with Crippen LogP contribution in [0, 0.1) is 0 Å². The Kier molecular flexibility index (Phi) is 3.98. The van der Waals surface area contributed by atoms with Crippen molar-refractivity contribution < 1.29 is 13.2 Å². The number of amides is 1. The molecule has 1 fully saturated rings. The summed E-state index contributed by atoms with van der Waals surface area (Å²) in [5, 5.41) is 4.32. The van der Waals surface area contributed by atoms with Gasteiger partial charge < -0.3 is 4.90 Å². The molecule has 1 amide bonds. The van der Waals surface area contributed by atoms with Crippen molar-refractivity contribution in [1.82, 2.24) is 4.90 Å². The second-order valence-corrected chi connectivity index (χ2v) is 7.45. The van der Waals surface area contributed by atoms with E-state index in [0.29, 0.717) is 0 Å². The summed E-state index contributed by atoms with van der Waals surface area (Å²) in [4.78, 5) is 13.5. The summed E-state index contributed by atoms with van der Waals surface area (Å²) in [6.07, 6.45) is -0.0306. The number of carbonyl (C=O) groups is 1. The molecular formula is C12H15BrN2O3S.